The average Bonchev–Trinajstić information content (AvgIpc) is 3.19. The molecular formula is C24H25ClN2O3. The van der Waals surface area contributed by atoms with Crippen LogP contribution in [0.2, 0.25) is 5.02 Å². The lowest BCUT2D eigenvalue weighted by Crippen LogP contribution is -2.35. The van der Waals surface area contributed by atoms with Gasteiger partial charge in [0, 0.05) is 30.0 Å². The van der Waals surface area contributed by atoms with Gasteiger partial charge in [-0.2, -0.15) is 0 Å². The lowest BCUT2D eigenvalue weighted by Gasteiger charge is -2.22. The third kappa shape index (κ3) is 5.91. The fourth-order valence-corrected chi connectivity index (χ4v) is 3.21. The van der Waals surface area contributed by atoms with E-state index < -0.39 is 0 Å². The maximum atomic E-state index is 12.8. The topological polar surface area (TPSA) is 43.7 Å². The molecule has 0 atom stereocenters. The van der Waals surface area contributed by atoms with Crippen LogP contribution in [-0.4, -0.2) is 35.6 Å². The Morgan fingerprint density at radius 2 is 1.93 bits per heavy atom. The minimum Gasteiger partial charge on any atom is -0.497 e. The van der Waals surface area contributed by atoms with Crippen molar-refractivity contribution in [2.24, 2.45) is 0 Å². The molecule has 0 radical (unpaired) electrons. The fourth-order valence-electron chi connectivity index (χ4n) is 3.09. The van der Waals surface area contributed by atoms with E-state index in [0.29, 0.717) is 30.4 Å². The van der Waals surface area contributed by atoms with E-state index in [4.69, 9.17) is 21.1 Å². The highest BCUT2D eigenvalue weighted by molar-refractivity contribution is 6.30. The van der Waals surface area contributed by atoms with Crippen LogP contribution in [0.4, 0.5) is 0 Å². The molecule has 3 rings (SSSR count). The van der Waals surface area contributed by atoms with Crippen LogP contribution in [-0.2, 0) is 17.9 Å². The molecule has 0 saturated heterocycles. The van der Waals surface area contributed by atoms with Crippen molar-refractivity contribution in [3.05, 3.63) is 95.8 Å². The SMILES string of the molecule is C=CCN(Cc1cccn1Cc1cccc(OC)c1)C(=O)COc1ccc(Cl)cc1. The number of rotatable bonds is 10. The van der Waals surface area contributed by atoms with E-state index in [0.717, 1.165) is 17.0 Å². The highest BCUT2D eigenvalue weighted by Crippen LogP contribution is 2.17. The van der Waals surface area contributed by atoms with Crippen molar-refractivity contribution < 1.29 is 14.3 Å². The Morgan fingerprint density at radius 1 is 1.13 bits per heavy atom. The molecule has 0 unspecified atom stereocenters. The molecule has 156 valence electrons. The predicted octanol–water partition coefficient (Wildman–Crippen LogP) is 4.79. The van der Waals surface area contributed by atoms with Crippen LogP contribution >= 0.6 is 11.6 Å². The van der Waals surface area contributed by atoms with E-state index in [1.807, 2.05) is 36.5 Å². The Labute approximate surface area is 182 Å². The van der Waals surface area contributed by atoms with Gasteiger partial charge in [-0.25, -0.2) is 0 Å². The number of nitrogens with zero attached hydrogens (tertiary/aromatic N) is 2. The summed E-state index contributed by atoms with van der Waals surface area (Å²) in [4.78, 5) is 14.5. The molecule has 6 heteroatoms. The number of benzene rings is 2. The first-order valence-corrected chi connectivity index (χ1v) is 10.0. The molecular weight excluding hydrogens is 400 g/mol. The van der Waals surface area contributed by atoms with Gasteiger partial charge in [-0.05, 0) is 54.1 Å². The molecule has 2 aromatic carbocycles. The first kappa shape index (κ1) is 21.5. The van der Waals surface area contributed by atoms with E-state index >= 15 is 0 Å². The number of aromatic nitrogens is 1. The van der Waals surface area contributed by atoms with Gasteiger partial charge in [0.15, 0.2) is 6.61 Å². The molecule has 0 bridgehead atoms. The summed E-state index contributed by atoms with van der Waals surface area (Å²) >= 11 is 5.88. The van der Waals surface area contributed by atoms with Crippen LogP contribution in [0.15, 0.2) is 79.5 Å². The largest absolute Gasteiger partial charge is 0.497 e. The van der Waals surface area contributed by atoms with Gasteiger partial charge < -0.3 is 18.9 Å². The van der Waals surface area contributed by atoms with Crippen LogP contribution in [0.1, 0.15) is 11.3 Å². The second-order valence-corrected chi connectivity index (χ2v) is 7.22. The zero-order valence-corrected chi connectivity index (χ0v) is 17.7. The Morgan fingerprint density at radius 3 is 2.67 bits per heavy atom. The molecule has 3 aromatic rings. The summed E-state index contributed by atoms with van der Waals surface area (Å²) in [5.74, 6) is 1.32. The number of halogens is 1. The zero-order valence-electron chi connectivity index (χ0n) is 17.0. The van der Waals surface area contributed by atoms with Crippen molar-refractivity contribution >= 4 is 17.5 Å². The first-order chi connectivity index (χ1) is 14.6. The fraction of sp³-hybridized carbons (Fsp3) is 0.208. The highest BCUT2D eigenvalue weighted by atomic mass is 35.5. The van der Waals surface area contributed by atoms with Gasteiger partial charge in [0.2, 0.25) is 0 Å². The standard InChI is InChI=1S/C24H25ClN2O3/c1-3-13-27(24(28)18-30-22-11-9-20(25)10-12-22)17-21-7-5-14-26(21)16-19-6-4-8-23(15-19)29-2/h3-12,14-15H,1,13,16-18H2,2H3. The summed E-state index contributed by atoms with van der Waals surface area (Å²) in [5.41, 5.74) is 2.15. The van der Waals surface area contributed by atoms with E-state index in [1.54, 1.807) is 42.4 Å². The number of carbonyl (C=O) groups is 1. The quantitative estimate of drug-likeness (QED) is 0.439. The molecule has 30 heavy (non-hydrogen) atoms. The van der Waals surface area contributed by atoms with E-state index in [1.165, 1.54) is 0 Å². The summed E-state index contributed by atoms with van der Waals surface area (Å²) in [6.45, 7) is 5.32. The van der Waals surface area contributed by atoms with Crippen LogP contribution in [0, 0.1) is 0 Å². The van der Waals surface area contributed by atoms with Crippen LogP contribution in [0.3, 0.4) is 0 Å². The molecule has 1 heterocycles. The van der Waals surface area contributed by atoms with Gasteiger partial charge in [0.25, 0.3) is 5.91 Å². The Hall–Kier alpha value is -3.18. The number of ether oxygens (including phenoxy) is 2. The zero-order chi connectivity index (χ0) is 21.3. The molecule has 1 amide bonds. The third-order valence-electron chi connectivity index (χ3n) is 4.64. The number of hydrogen-bond acceptors (Lipinski definition) is 3. The smallest absolute Gasteiger partial charge is 0.261 e. The summed E-state index contributed by atoms with van der Waals surface area (Å²) in [6.07, 6.45) is 3.73. The first-order valence-electron chi connectivity index (χ1n) is 9.63. The Kier molecular flexibility index (Phi) is 7.57. The van der Waals surface area contributed by atoms with Crippen molar-refractivity contribution in [1.82, 2.24) is 9.47 Å². The summed E-state index contributed by atoms with van der Waals surface area (Å²) < 4.78 is 13.0. The molecule has 0 aliphatic rings. The van der Waals surface area contributed by atoms with Crippen molar-refractivity contribution in [3.8, 4) is 11.5 Å². The third-order valence-corrected chi connectivity index (χ3v) is 4.89. The second kappa shape index (κ2) is 10.6. The number of hydrogen-bond donors (Lipinski definition) is 0. The van der Waals surface area contributed by atoms with Gasteiger partial charge in [-0.3, -0.25) is 4.79 Å². The van der Waals surface area contributed by atoms with Crippen LogP contribution in [0.5, 0.6) is 11.5 Å². The Bertz CT molecular complexity index is 982. The molecule has 1 aromatic heterocycles. The van der Waals surface area contributed by atoms with Crippen molar-refractivity contribution in [2.75, 3.05) is 20.3 Å². The summed E-state index contributed by atoms with van der Waals surface area (Å²) in [6, 6.07) is 18.9. The lowest BCUT2D eigenvalue weighted by molar-refractivity contribution is -0.133. The molecule has 0 saturated carbocycles. The highest BCUT2D eigenvalue weighted by Gasteiger charge is 2.15. The number of methoxy groups -OCH3 is 1. The van der Waals surface area contributed by atoms with Crippen LogP contribution in [0.25, 0.3) is 0 Å². The Balaban J connectivity index is 1.66. The van der Waals surface area contributed by atoms with Gasteiger partial charge in [-0.1, -0.05) is 29.8 Å². The maximum Gasteiger partial charge on any atom is 0.261 e. The van der Waals surface area contributed by atoms with E-state index in [9.17, 15) is 4.79 Å². The molecule has 0 spiro atoms. The van der Waals surface area contributed by atoms with Gasteiger partial charge >= 0.3 is 0 Å². The average molecular weight is 425 g/mol. The van der Waals surface area contributed by atoms with E-state index in [-0.39, 0.29) is 12.5 Å². The minimum atomic E-state index is -0.112. The summed E-state index contributed by atoms with van der Waals surface area (Å²) in [5, 5.41) is 0.624. The number of amides is 1. The summed E-state index contributed by atoms with van der Waals surface area (Å²) in [7, 11) is 1.66. The second-order valence-electron chi connectivity index (χ2n) is 6.78. The predicted molar refractivity (Wildman–Crippen MR) is 119 cm³/mol. The van der Waals surface area contributed by atoms with Gasteiger partial charge in [0.1, 0.15) is 11.5 Å². The molecule has 0 aliphatic heterocycles. The molecule has 0 N–H and O–H groups in total. The minimum absolute atomic E-state index is 0.0495. The molecule has 0 fully saturated rings. The normalized spacial score (nSPS) is 10.5. The van der Waals surface area contributed by atoms with Gasteiger partial charge in [0.05, 0.1) is 13.7 Å². The van der Waals surface area contributed by atoms with Gasteiger partial charge in [-0.15, -0.1) is 6.58 Å². The lowest BCUT2D eigenvalue weighted by atomic mass is 10.2. The van der Waals surface area contributed by atoms with Crippen LogP contribution < -0.4 is 9.47 Å². The van der Waals surface area contributed by atoms with Crippen molar-refractivity contribution in [2.45, 2.75) is 13.1 Å². The van der Waals surface area contributed by atoms with E-state index in [2.05, 4.69) is 17.2 Å². The monoisotopic (exact) mass is 424 g/mol. The maximum absolute atomic E-state index is 12.8. The molecule has 5 nitrogen and oxygen atoms in total. The number of carbonyl (C=O) groups excluding carboxylic acids is 1. The van der Waals surface area contributed by atoms with Crippen molar-refractivity contribution in [1.29, 1.82) is 0 Å². The van der Waals surface area contributed by atoms with Crippen molar-refractivity contribution in [3.63, 3.8) is 0 Å². The molecule has 0 aliphatic carbocycles.